The average Bonchev–Trinajstić information content (AvgIpc) is 4.33. The standard InChI is InChI=1S/2C22H17ClN4O2S.C10H8N2.2CH4O.Cd/c2*1-14-19(22(29)27(26-14)17-6-3-2-4-7-17)20(15-9-11-16(23)12-10-15)24-25-21(28)18-8-5-13-30-18;1-3-7-11-9(5-1)10-6-2-4-8-12-10;2*1-2;/h2-13,29H,1H3,(H,25,28);2-13,26H,1H3,(H,25,28);1-8H;2*2H,1H3;/q;;;;;+2/p-2/b2*24-20-;;;;. The van der Waals surface area contributed by atoms with Crippen molar-refractivity contribution in [1.29, 1.82) is 0 Å². The van der Waals surface area contributed by atoms with Gasteiger partial charge in [-0.1, -0.05) is 108 Å². The number of aryl methyl sites for hydroxylation is 2. The minimum Gasteiger partial charge on any atom is -0.858 e. The summed E-state index contributed by atoms with van der Waals surface area (Å²) in [5.41, 5.74) is 9.08. The van der Waals surface area contributed by atoms with Crippen LogP contribution >= 0.6 is 45.9 Å². The van der Waals surface area contributed by atoms with Crippen LogP contribution in [0.25, 0.3) is 22.8 Å². The summed E-state index contributed by atoms with van der Waals surface area (Å²) in [6, 6.07) is 50.7. The third-order valence-corrected chi connectivity index (χ3v) is 12.6. The zero-order chi connectivity index (χ0) is 54.4. The van der Waals surface area contributed by atoms with E-state index in [4.69, 9.17) is 33.4 Å². The zero-order valence-electron chi connectivity index (χ0n) is 41.9. The summed E-state index contributed by atoms with van der Waals surface area (Å²) in [6.07, 6.45) is 3.54. The van der Waals surface area contributed by atoms with Crippen LogP contribution in [0.15, 0.2) is 213 Å². The second-order valence-electron chi connectivity index (χ2n) is 15.3. The molecule has 0 spiro atoms. The first-order valence-electron chi connectivity index (χ1n) is 22.8. The van der Waals surface area contributed by atoms with Crippen molar-refractivity contribution in [1.82, 2.24) is 35.0 Å². The molecule has 0 unspecified atom stereocenters. The van der Waals surface area contributed by atoms with E-state index in [1.807, 2.05) is 90.3 Å². The summed E-state index contributed by atoms with van der Waals surface area (Å²) in [5.74, 6) is -1.14. The number of carbonyl (C=O) groups excluding carboxylic acids is 1. The maximum atomic E-state index is 13.2. The summed E-state index contributed by atoms with van der Waals surface area (Å²) in [5, 5.41) is 64.1. The molecule has 0 fully saturated rings. The van der Waals surface area contributed by atoms with E-state index in [9.17, 15) is 19.8 Å². The molecule has 4 aromatic carbocycles. The average molecular weight is 1200 g/mol. The van der Waals surface area contributed by atoms with Crippen LogP contribution < -0.4 is 21.2 Å². The molecule has 6 aromatic heterocycles. The number of amides is 1. The molecular formula is C56H48CdCl2N10O6S2. The Morgan fingerprint density at radius 2 is 1.12 bits per heavy atom. The fourth-order valence-corrected chi connectivity index (χ4v) is 8.45. The van der Waals surface area contributed by atoms with Crippen molar-refractivity contribution in [2.45, 2.75) is 13.8 Å². The Bertz CT molecular complexity index is 3490. The number of nitrogens with zero attached hydrogens (tertiary/aromatic N) is 8. The largest absolute Gasteiger partial charge is 2.00 e. The maximum Gasteiger partial charge on any atom is 2.00 e. The number of H-pyrrole nitrogens is 1. The molecule has 1 amide bonds. The van der Waals surface area contributed by atoms with Crippen LogP contribution in [0, 0.1) is 13.8 Å². The normalized spacial score (nSPS) is 10.9. The van der Waals surface area contributed by atoms with Crippen LogP contribution in [0.1, 0.15) is 48.2 Å². The minimum atomic E-state index is -0.465. The molecule has 0 aliphatic rings. The summed E-state index contributed by atoms with van der Waals surface area (Å²) in [6.45, 7) is 3.52. The number of hydrazone groups is 1. The van der Waals surface area contributed by atoms with Crippen molar-refractivity contribution in [3.05, 3.63) is 257 Å². The van der Waals surface area contributed by atoms with Gasteiger partial charge in [-0.05, 0) is 110 Å². The number of pyridine rings is 2. The molecule has 0 radical (unpaired) electrons. The number of carbonyl (C=O) groups is 1. The van der Waals surface area contributed by atoms with E-state index in [2.05, 4.69) is 40.9 Å². The van der Waals surface area contributed by atoms with E-state index in [0.29, 0.717) is 76.2 Å². The fourth-order valence-electron chi connectivity index (χ4n) is 6.98. The Balaban J connectivity index is 0.000000220. The second kappa shape index (κ2) is 30.8. The van der Waals surface area contributed by atoms with Crippen molar-refractivity contribution in [2.24, 2.45) is 15.3 Å². The molecule has 10 aromatic rings. The van der Waals surface area contributed by atoms with Gasteiger partial charge in [0.15, 0.2) is 0 Å². The molecule has 21 heteroatoms. The number of aliphatic hydroxyl groups is 2. The van der Waals surface area contributed by atoms with Gasteiger partial charge in [0.1, 0.15) is 11.4 Å². The number of nitrogens with one attached hydrogen (secondary N) is 2. The van der Waals surface area contributed by atoms with Gasteiger partial charge in [0.05, 0.1) is 38.9 Å². The van der Waals surface area contributed by atoms with Gasteiger partial charge in [-0.15, -0.1) is 22.7 Å². The van der Waals surface area contributed by atoms with Gasteiger partial charge in [-0.3, -0.25) is 24.7 Å². The molecule has 10 rings (SSSR count). The van der Waals surface area contributed by atoms with Crippen LogP contribution in [0.2, 0.25) is 10.0 Å². The van der Waals surface area contributed by atoms with Crippen molar-refractivity contribution < 1.29 is 52.5 Å². The quantitative estimate of drug-likeness (QED) is 0.0418. The number of aliphatic hydroxyl groups excluding tert-OH is 2. The van der Waals surface area contributed by atoms with Crippen LogP contribution in [0.3, 0.4) is 0 Å². The van der Waals surface area contributed by atoms with E-state index in [-0.39, 0.29) is 44.6 Å². The Morgan fingerprint density at radius 1 is 0.623 bits per heavy atom. The number of aromatic amines is 1. The zero-order valence-corrected chi connectivity index (χ0v) is 49.0. The Kier molecular flexibility index (Phi) is 24.0. The smallest absolute Gasteiger partial charge is 0.858 e. The Hall–Kier alpha value is -7.70. The predicted octanol–water partition coefficient (Wildman–Crippen LogP) is 9.26. The predicted molar refractivity (Wildman–Crippen MR) is 299 cm³/mol. The monoisotopic (exact) mass is 1200 g/mol. The SMILES string of the molecule is CO.CO.Cc1[nH]n(-c2ccccc2)c(=O)c1/C(=N\N=C(/[O-])c1cccs1)c1ccc(Cl)cc1.Cc1nn(-c2ccccc2)c([O-])c1/C(=N\NC(=O)c1cccs1)c1ccc(Cl)cc1.[Cd+2].c1ccc(-c2ccccn2)nc1. The minimum absolute atomic E-state index is 0. The molecule has 0 aliphatic heterocycles. The van der Waals surface area contributed by atoms with Crippen LogP contribution in [-0.2, 0) is 27.3 Å². The molecule has 0 bridgehead atoms. The van der Waals surface area contributed by atoms with Gasteiger partial charge in [-0.25, -0.2) is 14.8 Å². The Morgan fingerprint density at radius 3 is 1.61 bits per heavy atom. The summed E-state index contributed by atoms with van der Waals surface area (Å²) >= 11 is 14.6. The van der Waals surface area contributed by atoms with Crippen molar-refractivity contribution >= 4 is 69.1 Å². The first kappa shape index (κ1) is 60.2. The summed E-state index contributed by atoms with van der Waals surface area (Å²) < 4.78 is 2.77. The number of benzene rings is 4. The summed E-state index contributed by atoms with van der Waals surface area (Å²) in [4.78, 5) is 35.0. The molecule has 0 aliphatic carbocycles. The number of para-hydroxylation sites is 2. The second-order valence-corrected chi connectivity index (χ2v) is 18.0. The van der Waals surface area contributed by atoms with Gasteiger partial charge in [0.25, 0.3) is 11.5 Å². The van der Waals surface area contributed by atoms with E-state index in [1.165, 1.54) is 32.0 Å². The molecule has 0 saturated heterocycles. The number of hydrogen-bond acceptors (Lipinski definition) is 14. The molecule has 4 N–H and O–H groups in total. The molecule has 6 heterocycles. The van der Waals surface area contributed by atoms with E-state index < -0.39 is 5.90 Å². The summed E-state index contributed by atoms with van der Waals surface area (Å²) in [7, 11) is 2.00. The van der Waals surface area contributed by atoms with Crippen molar-refractivity contribution in [3.63, 3.8) is 0 Å². The van der Waals surface area contributed by atoms with E-state index in [0.717, 1.165) is 25.6 Å². The molecule has 0 saturated carbocycles. The van der Waals surface area contributed by atoms with Crippen LogP contribution in [-0.4, -0.2) is 77.2 Å². The first-order valence-corrected chi connectivity index (χ1v) is 25.3. The van der Waals surface area contributed by atoms with Gasteiger partial charge < -0.3 is 20.4 Å². The van der Waals surface area contributed by atoms with Crippen molar-refractivity contribution in [2.75, 3.05) is 14.2 Å². The molecule has 77 heavy (non-hydrogen) atoms. The number of rotatable bonds is 11. The van der Waals surface area contributed by atoms with Gasteiger partial charge in [0.2, 0.25) is 0 Å². The van der Waals surface area contributed by atoms with Gasteiger partial charge >= 0.3 is 27.3 Å². The van der Waals surface area contributed by atoms with Crippen molar-refractivity contribution in [3.8, 4) is 28.6 Å². The molecule has 0 atom stereocenters. The van der Waals surface area contributed by atoms with Gasteiger partial charge in [-0.2, -0.15) is 20.4 Å². The molecular weight excluding hydrogens is 1160 g/mol. The number of hydrogen-bond donors (Lipinski definition) is 4. The number of thiophene rings is 2. The van der Waals surface area contributed by atoms with E-state index in [1.54, 1.807) is 117 Å². The Labute approximate surface area is 481 Å². The topological polar surface area (TPSA) is 234 Å². The van der Waals surface area contributed by atoms with Crippen LogP contribution in [0.4, 0.5) is 0 Å². The van der Waals surface area contributed by atoms with E-state index >= 15 is 0 Å². The first-order chi connectivity index (χ1) is 37.0. The van der Waals surface area contributed by atoms with Gasteiger partial charge in [0, 0.05) is 75.7 Å². The van der Waals surface area contributed by atoms with Crippen LogP contribution in [0.5, 0.6) is 5.88 Å². The third kappa shape index (κ3) is 16.2. The third-order valence-electron chi connectivity index (χ3n) is 10.4. The number of halogens is 2. The number of aromatic nitrogens is 6. The molecule has 16 nitrogen and oxygen atoms in total. The maximum absolute atomic E-state index is 13.2. The fraction of sp³-hybridized carbons (Fsp3) is 0.0714. The molecule has 386 valence electrons.